The Balaban J connectivity index is 1.65. The van der Waals surface area contributed by atoms with Gasteiger partial charge in [-0.15, -0.1) is 0 Å². The van der Waals surface area contributed by atoms with Crippen LogP contribution in [0.5, 0.6) is 0 Å². The van der Waals surface area contributed by atoms with Gasteiger partial charge in [0.25, 0.3) is 0 Å². The minimum Gasteiger partial charge on any atom is -0.438 e. The second-order valence-corrected chi connectivity index (χ2v) is 5.04. The number of carbonyl (C=O) groups excluding carboxylic acids is 2. The lowest BCUT2D eigenvalue weighted by Gasteiger charge is -2.14. The molecule has 2 heterocycles. The molecule has 24 heavy (non-hydrogen) atoms. The number of carbonyl (C=O) groups is 2. The minimum absolute atomic E-state index is 0.317. The van der Waals surface area contributed by atoms with Gasteiger partial charge in [0.05, 0.1) is 0 Å². The number of esters is 2. The number of aryl methyl sites for hydroxylation is 2. The van der Waals surface area contributed by atoms with E-state index in [9.17, 15) is 9.59 Å². The normalized spacial score (nSPS) is 13.2. The molecule has 2 aromatic heterocycles. The number of H-pyrrole nitrogens is 2. The van der Waals surface area contributed by atoms with Crippen molar-refractivity contribution in [3.05, 3.63) is 36.4 Å². The van der Waals surface area contributed by atoms with Crippen molar-refractivity contribution in [2.24, 2.45) is 11.5 Å². The number of ether oxygens (including phenoxy) is 2. The molecule has 0 radical (unpaired) electrons. The van der Waals surface area contributed by atoms with Crippen LogP contribution in [-0.4, -0.2) is 44.3 Å². The van der Waals surface area contributed by atoms with Gasteiger partial charge in [0.2, 0.25) is 0 Å². The first-order chi connectivity index (χ1) is 11.5. The summed E-state index contributed by atoms with van der Waals surface area (Å²) in [5, 5.41) is 0. The van der Waals surface area contributed by atoms with Crippen molar-refractivity contribution in [1.82, 2.24) is 19.9 Å². The van der Waals surface area contributed by atoms with Gasteiger partial charge >= 0.3 is 11.9 Å². The van der Waals surface area contributed by atoms with Crippen LogP contribution >= 0.6 is 0 Å². The summed E-state index contributed by atoms with van der Waals surface area (Å²) >= 11 is 0. The number of aromatic amines is 2. The lowest BCUT2D eigenvalue weighted by atomic mass is 10.3. The first-order valence-corrected chi connectivity index (χ1v) is 7.44. The Kier molecular flexibility index (Phi) is 6.46. The van der Waals surface area contributed by atoms with E-state index < -0.39 is 24.4 Å². The zero-order chi connectivity index (χ0) is 17.4. The number of rotatable bonds is 8. The molecule has 0 aliphatic heterocycles. The number of hydrogen-bond donors (Lipinski definition) is 4. The molecule has 0 saturated heterocycles. The van der Waals surface area contributed by atoms with Gasteiger partial charge < -0.3 is 19.4 Å². The molecule has 130 valence electrons. The molecular formula is C14H20N6O4. The Morgan fingerprint density at radius 1 is 0.917 bits per heavy atom. The fourth-order valence-electron chi connectivity index (χ4n) is 1.92. The van der Waals surface area contributed by atoms with E-state index in [0.29, 0.717) is 37.3 Å². The monoisotopic (exact) mass is 336 g/mol. The highest BCUT2D eigenvalue weighted by molar-refractivity contribution is 6.29. The van der Waals surface area contributed by atoms with Crippen molar-refractivity contribution in [1.29, 1.82) is 0 Å². The van der Waals surface area contributed by atoms with Crippen LogP contribution in [-0.2, 0) is 31.9 Å². The summed E-state index contributed by atoms with van der Waals surface area (Å²) in [5.41, 5.74) is 11.3. The first kappa shape index (κ1) is 17.6. The zero-order valence-corrected chi connectivity index (χ0v) is 13.0. The average Bonchev–Trinajstić information content (AvgIpc) is 3.24. The van der Waals surface area contributed by atoms with Crippen LogP contribution in [0.3, 0.4) is 0 Å². The van der Waals surface area contributed by atoms with E-state index in [1.807, 2.05) is 0 Å². The van der Waals surface area contributed by atoms with Gasteiger partial charge in [0.15, 0.2) is 12.5 Å². The fraction of sp³-hybridized carbons (Fsp3) is 0.429. The lowest BCUT2D eigenvalue weighted by molar-refractivity contribution is -0.174. The Bertz CT molecular complexity index is 572. The second-order valence-electron chi connectivity index (χ2n) is 5.04. The minimum atomic E-state index is -1.17. The molecule has 0 bridgehead atoms. The SMILES string of the molecule is NC(CCc1ncc[nH]1)OC(=O)C(=O)OC(N)CCc1ncc[nH]1. The molecule has 0 aliphatic rings. The maximum atomic E-state index is 11.6. The van der Waals surface area contributed by atoms with Crippen molar-refractivity contribution in [3.63, 3.8) is 0 Å². The summed E-state index contributed by atoms with van der Waals surface area (Å²) in [6.45, 7) is 0. The van der Waals surface area contributed by atoms with E-state index in [-0.39, 0.29) is 0 Å². The summed E-state index contributed by atoms with van der Waals surface area (Å²) in [7, 11) is 0. The van der Waals surface area contributed by atoms with E-state index in [1.165, 1.54) is 0 Å². The second kappa shape index (κ2) is 8.79. The molecule has 0 fully saturated rings. The van der Waals surface area contributed by atoms with E-state index in [2.05, 4.69) is 19.9 Å². The first-order valence-electron chi connectivity index (χ1n) is 7.44. The number of nitrogens with zero attached hydrogens (tertiary/aromatic N) is 2. The summed E-state index contributed by atoms with van der Waals surface area (Å²) < 4.78 is 9.62. The molecule has 10 nitrogen and oxygen atoms in total. The van der Waals surface area contributed by atoms with Gasteiger partial charge in [-0.05, 0) is 0 Å². The maximum absolute atomic E-state index is 11.6. The Morgan fingerprint density at radius 2 is 1.33 bits per heavy atom. The smallest absolute Gasteiger partial charge is 0.419 e. The third-order valence-electron chi connectivity index (χ3n) is 3.12. The molecule has 0 spiro atoms. The zero-order valence-electron chi connectivity index (χ0n) is 13.0. The van der Waals surface area contributed by atoms with Crippen molar-refractivity contribution >= 4 is 11.9 Å². The standard InChI is InChI=1S/C14H20N6O4/c15-9(1-3-11-17-5-6-18-11)23-13(21)14(22)24-10(16)2-4-12-19-7-8-20-12/h5-10H,1-4,15-16H2,(H,17,18)(H,19,20). The molecule has 2 rings (SSSR count). The van der Waals surface area contributed by atoms with E-state index in [0.717, 1.165) is 0 Å². The van der Waals surface area contributed by atoms with Crippen LogP contribution in [0.25, 0.3) is 0 Å². The molecule has 2 atom stereocenters. The molecule has 2 aromatic rings. The van der Waals surface area contributed by atoms with Crippen molar-refractivity contribution in [3.8, 4) is 0 Å². The van der Waals surface area contributed by atoms with Gasteiger partial charge in [0, 0.05) is 50.5 Å². The third-order valence-corrected chi connectivity index (χ3v) is 3.12. The predicted molar refractivity (Wildman–Crippen MR) is 82.0 cm³/mol. The summed E-state index contributed by atoms with van der Waals surface area (Å²) in [5.74, 6) is -0.918. The van der Waals surface area contributed by atoms with Gasteiger partial charge in [0.1, 0.15) is 11.6 Å². The number of nitrogens with one attached hydrogen (secondary N) is 2. The maximum Gasteiger partial charge on any atom is 0.419 e. The van der Waals surface area contributed by atoms with Crippen LogP contribution in [0.4, 0.5) is 0 Å². The van der Waals surface area contributed by atoms with Crippen molar-refractivity contribution in [2.45, 2.75) is 38.1 Å². The highest BCUT2D eigenvalue weighted by atomic mass is 16.6. The number of imidazole rings is 2. The van der Waals surface area contributed by atoms with Crippen LogP contribution in [0, 0.1) is 0 Å². The van der Waals surface area contributed by atoms with Crippen LogP contribution in [0.2, 0.25) is 0 Å². The predicted octanol–water partition coefficient (Wildman–Crippen LogP) is -0.646. The topological polar surface area (TPSA) is 162 Å². The Hall–Kier alpha value is -2.72. The fourth-order valence-corrected chi connectivity index (χ4v) is 1.92. The molecule has 0 amide bonds. The Labute approximate surface area is 137 Å². The summed E-state index contributed by atoms with van der Waals surface area (Å²) in [4.78, 5) is 37.0. The van der Waals surface area contributed by atoms with Gasteiger partial charge in [-0.2, -0.15) is 0 Å². The number of nitrogens with two attached hydrogens (primary N) is 2. The van der Waals surface area contributed by atoms with Crippen LogP contribution in [0.15, 0.2) is 24.8 Å². The van der Waals surface area contributed by atoms with Crippen molar-refractivity contribution in [2.75, 3.05) is 0 Å². The van der Waals surface area contributed by atoms with Crippen LogP contribution in [0.1, 0.15) is 24.5 Å². The van der Waals surface area contributed by atoms with E-state index >= 15 is 0 Å². The molecule has 6 N–H and O–H groups in total. The Morgan fingerprint density at radius 3 is 1.67 bits per heavy atom. The highest BCUT2D eigenvalue weighted by Crippen LogP contribution is 2.03. The molecule has 0 saturated carbocycles. The third kappa shape index (κ3) is 5.82. The van der Waals surface area contributed by atoms with Gasteiger partial charge in [-0.25, -0.2) is 19.6 Å². The quantitative estimate of drug-likeness (QED) is 0.281. The largest absolute Gasteiger partial charge is 0.438 e. The van der Waals surface area contributed by atoms with Gasteiger partial charge in [-0.1, -0.05) is 0 Å². The highest BCUT2D eigenvalue weighted by Gasteiger charge is 2.23. The molecule has 0 aromatic carbocycles. The molecule has 10 heteroatoms. The molecule has 0 aliphatic carbocycles. The van der Waals surface area contributed by atoms with E-state index in [4.69, 9.17) is 20.9 Å². The van der Waals surface area contributed by atoms with Crippen LogP contribution < -0.4 is 11.5 Å². The lowest BCUT2D eigenvalue weighted by Crippen LogP contribution is -2.36. The summed E-state index contributed by atoms with van der Waals surface area (Å²) in [6, 6.07) is 0. The average molecular weight is 336 g/mol. The van der Waals surface area contributed by atoms with Gasteiger partial charge in [-0.3, -0.25) is 11.5 Å². The number of aromatic nitrogens is 4. The number of hydrogen-bond acceptors (Lipinski definition) is 8. The summed E-state index contributed by atoms with van der Waals surface area (Å²) in [6.07, 6.45) is 6.29. The molecule has 2 unspecified atom stereocenters. The molecular weight excluding hydrogens is 316 g/mol. The van der Waals surface area contributed by atoms with Crippen molar-refractivity contribution < 1.29 is 19.1 Å². The van der Waals surface area contributed by atoms with E-state index in [1.54, 1.807) is 24.8 Å².